The minimum Gasteiger partial charge on any atom is -0.481 e. The molecular weight excluding hydrogens is 286 g/mol. The van der Waals surface area contributed by atoms with Gasteiger partial charge in [0, 0.05) is 17.5 Å². The Labute approximate surface area is 137 Å². The molecule has 4 heteroatoms. The Morgan fingerprint density at radius 3 is 2.65 bits per heavy atom. The molecular formula is C19H23N3O. The van der Waals surface area contributed by atoms with Crippen LogP contribution in [-0.2, 0) is 6.54 Å². The Kier molecular flexibility index (Phi) is 4.23. The van der Waals surface area contributed by atoms with Crippen molar-refractivity contribution in [2.45, 2.75) is 33.2 Å². The van der Waals surface area contributed by atoms with Gasteiger partial charge in [-0.15, -0.1) is 0 Å². The van der Waals surface area contributed by atoms with Crippen molar-refractivity contribution >= 4 is 10.9 Å². The normalized spacial score (nSPS) is 17.8. The van der Waals surface area contributed by atoms with Gasteiger partial charge in [-0.05, 0) is 55.6 Å². The van der Waals surface area contributed by atoms with Crippen molar-refractivity contribution in [3.05, 3.63) is 35.4 Å². The van der Waals surface area contributed by atoms with E-state index in [0.29, 0.717) is 16.9 Å². The topological polar surface area (TPSA) is 49.1 Å². The van der Waals surface area contributed by atoms with Gasteiger partial charge in [-0.25, -0.2) is 4.98 Å². The molecule has 0 N–H and O–H groups in total. The van der Waals surface area contributed by atoms with Gasteiger partial charge in [-0.2, -0.15) is 5.26 Å². The molecule has 1 aliphatic heterocycles. The maximum atomic E-state index is 9.07. The molecule has 4 nitrogen and oxygen atoms in total. The summed E-state index contributed by atoms with van der Waals surface area (Å²) >= 11 is 0. The zero-order valence-corrected chi connectivity index (χ0v) is 14.1. The number of hydrogen-bond donors (Lipinski definition) is 0. The van der Waals surface area contributed by atoms with Crippen molar-refractivity contribution in [1.29, 1.82) is 5.26 Å². The maximum absolute atomic E-state index is 9.07. The predicted octanol–water partition coefficient (Wildman–Crippen LogP) is 3.74. The van der Waals surface area contributed by atoms with Crippen LogP contribution in [0.4, 0.5) is 0 Å². The highest BCUT2D eigenvalue weighted by molar-refractivity contribution is 5.81. The first-order valence-electron chi connectivity index (χ1n) is 8.11. The van der Waals surface area contributed by atoms with E-state index >= 15 is 0 Å². The van der Waals surface area contributed by atoms with Crippen molar-refractivity contribution in [3.63, 3.8) is 0 Å². The van der Waals surface area contributed by atoms with Crippen LogP contribution in [0.5, 0.6) is 5.88 Å². The zero-order valence-electron chi connectivity index (χ0n) is 14.1. The lowest BCUT2D eigenvalue weighted by Gasteiger charge is -2.37. The molecule has 0 atom stereocenters. The number of aromatic nitrogens is 1. The lowest BCUT2D eigenvalue weighted by molar-refractivity contribution is 0.126. The smallest absolute Gasteiger partial charge is 0.218 e. The molecule has 1 saturated heterocycles. The molecule has 23 heavy (non-hydrogen) atoms. The number of nitrogens with zero attached hydrogens (tertiary/aromatic N) is 3. The second kappa shape index (κ2) is 6.17. The molecule has 0 saturated carbocycles. The van der Waals surface area contributed by atoms with Crippen LogP contribution in [0.25, 0.3) is 10.9 Å². The number of hydrogen-bond acceptors (Lipinski definition) is 4. The van der Waals surface area contributed by atoms with Crippen LogP contribution in [0.15, 0.2) is 24.3 Å². The molecule has 0 bridgehead atoms. The number of methoxy groups -OCH3 is 1. The summed E-state index contributed by atoms with van der Waals surface area (Å²) in [4.78, 5) is 7.07. The first-order valence-corrected chi connectivity index (χ1v) is 8.11. The molecule has 1 aromatic heterocycles. The van der Waals surface area contributed by atoms with E-state index in [1.807, 2.05) is 12.1 Å². The average Bonchev–Trinajstić information content (AvgIpc) is 2.55. The number of rotatable bonds is 3. The molecule has 0 spiro atoms. The molecule has 1 fully saturated rings. The number of pyridine rings is 1. The van der Waals surface area contributed by atoms with Crippen LogP contribution in [0.2, 0.25) is 0 Å². The SMILES string of the molecule is COc1nc2ccc(C#N)cc2cc1CN1CCC(C)(C)CC1. The molecule has 3 rings (SSSR count). The third kappa shape index (κ3) is 3.46. The molecule has 2 aromatic rings. The minimum atomic E-state index is 0.448. The number of benzene rings is 1. The molecule has 0 aliphatic carbocycles. The van der Waals surface area contributed by atoms with E-state index in [1.54, 1.807) is 13.2 Å². The number of ether oxygens (including phenoxy) is 1. The Morgan fingerprint density at radius 2 is 2.00 bits per heavy atom. The monoisotopic (exact) mass is 309 g/mol. The lowest BCUT2D eigenvalue weighted by Crippen LogP contribution is -2.36. The van der Waals surface area contributed by atoms with Crippen LogP contribution in [0.1, 0.15) is 37.8 Å². The molecule has 120 valence electrons. The van der Waals surface area contributed by atoms with Crippen LogP contribution >= 0.6 is 0 Å². The van der Waals surface area contributed by atoms with Gasteiger partial charge in [0.05, 0.1) is 24.3 Å². The standard InChI is InChI=1S/C19H23N3O/c1-19(2)6-8-22(9-7-19)13-16-11-15-10-14(12-20)4-5-17(15)21-18(16)23-3/h4-5,10-11H,6-9,13H2,1-3H3. The summed E-state index contributed by atoms with van der Waals surface area (Å²) < 4.78 is 5.49. The Hall–Kier alpha value is -2.12. The first-order chi connectivity index (χ1) is 11.0. The Bertz CT molecular complexity index is 751. The van der Waals surface area contributed by atoms with E-state index in [0.717, 1.165) is 36.1 Å². The second-order valence-electron chi connectivity index (χ2n) is 7.12. The third-order valence-corrected chi connectivity index (χ3v) is 4.78. The Morgan fingerprint density at radius 1 is 1.26 bits per heavy atom. The van der Waals surface area contributed by atoms with Gasteiger partial charge in [-0.1, -0.05) is 13.8 Å². The van der Waals surface area contributed by atoms with Crippen molar-refractivity contribution < 1.29 is 4.74 Å². The van der Waals surface area contributed by atoms with Gasteiger partial charge in [0.25, 0.3) is 0 Å². The first kappa shape index (κ1) is 15.8. The van der Waals surface area contributed by atoms with E-state index in [9.17, 15) is 0 Å². The third-order valence-electron chi connectivity index (χ3n) is 4.78. The van der Waals surface area contributed by atoms with Crippen molar-refractivity contribution in [2.24, 2.45) is 5.41 Å². The van der Waals surface area contributed by atoms with Crippen LogP contribution in [0, 0.1) is 16.7 Å². The molecule has 2 heterocycles. The fraction of sp³-hybridized carbons (Fsp3) is 0.474. The predicted molar refractivity (Wildman–Crippen MR) is 91.3 cm³/mol. The summed E-state index contributed by atoms with van der Waals surface area (Å²) in [6, 6.07) is 9.87. The summed E-state index contributed by atoms with van der Waals surface area (Å²) in [7, 11) is 1.67. The average molecular weight is 309 g/mol. The van der Waals surface area contributed by atoms with E-state index in [1.165, 1.54) is 12.8 Å². The van der Waals surface area contributed by atoms with Crippen LogP contribution in [-0.4, -0.2) is 30.1 Å². The van der Waals surface area contributed by atoms with Crippen molar-refractivity contribution in [2.75, 3.05) is 20.2 Å². The quantitative estimate of drug-likeness (QED) is 0.866. The highest BCUT2D eigenvalue weighted by Gasteiger charge is 2.25. The Balaban J connectivity index is 1.88. The summed E-state index contributed by atoms with van der Waals surface area (Å²) in [5, 5.41) is 10.1. The van der Waals surface area contributed by atoms with Gasteiger partial charge in [0.15, 0.2) is 0 Å². The zero-order chi connectivity index (χ0) is 16.4. The van der Waals surface area contributed by atoms with Gasteiger partial charge >= 0.3 is 0 Å². The van der Waals surface area contributed by atoms with Crippen molar-refractivity contribution in [1.82, 2.24) is 9.88 Å². The summed E-state index contributed by atoms with van der Waals surface area (Å²) in [6.45, 7) is 7.73. The highest BCUT2D eigenvalue weighted by Crippen LogP contribution is 2.31. The molecule has 1 aliphatic rings. The highest BCUT2D eigenvalue weighted by atomic mass is 16.5. The molecule has 0 radical (unpaired) electrons. The minimum absolute atomic E-state index is 0.448. The largest absolute Gasteiger partial charge is 0.481 e. The van der Waals surface area contributed by atoms with Gasteiger partial charge in [0.1, 0.15) is 0 Å². The second-order valence-corrected chi connectivity index (χ2v) is 7.12. The van der Waals surface area contributed by atoms with Gasteiger partial charge in [-0.3, -0.25) is 4.90 Å². The van der Waals surface area contributed by atoms with Crippen LogP contribution in [0.3, 0.4) is 0 Å². The molecule has 1 aromatic carbocycles. The van der Waals surface area contributed by atoms with Crippen molar-refractivity contribution in [3.8, 4) is 11.9 Å². The number of nitriles is 1. The lowest BCUT2D eigenvalue weighted by atomic mass is 9.82. The van der Waals surface area contributed by atoms with E-state index in [-0.39, 0.29) is 0 Å². The number of fused-ring (bicyclic) bond motifs is 1. The van der Waals surface area contributed by atoms with Gasteiger partial charge in [0.2, 0.25) is 5.88 Å². The van der Waals surface area contributed by atoms with E-state index in [2.05, 4.69) is 35.9 Å². The molecule has 0 unspecified atom stereocenters. The fourth-order valence-corrected chi connectivity index (χ4v) is 3.12. The van der Waals surface area contributed by atoms with E-state index < -0.39 is 0 Å². The summed E-state index contributed by atoms with van der Waals surface area (Å²) in [5.41, 5.74) is 3.07. The summed E-state index contributed by atoms with van der Waals surface area (Å²) in [6.07, 6.45) is 2.43. The summed E-state index contributed by atoms with van der Waals surface area (Å²) in [5.74, 6) is 0.687. The molecule has 0 amide bonds. The number of piperidine rings is 1. The maximum Gasteiger partial charge on any atom is 0.218 e. The fourth-order valence-electron chi connectivity index (χ4n) is 3.12. The van der Waals surface area contributed by atoms with E-state index in [4.69, 9.17) is 10.00 Å². The van der Waals surface area contributed by atoms with Crippen LogP contribution < -0.4 is 4.74 Å². The van der Waals surface area contributed by atoms with Gasteiger partial charge < -0.3 is 4.74 Å². The number of likely N-dealkylation sites (tertiary alicyclic amines) is 1.